The maximum atomic E-state index is 13.1. The molecule has 2 amide bonds. The molecule has 0 unspecified atom stereocenters. The molecule has 28 heavy (non-hydrogen) atoms. The van der Waals surface area contributed by atoms with Crippen LogP contribution in [0.1, 0.15) is 18.9 Å². The summed E-state index contributed by atoms with van der Waals surface area (Å²) in [7, 11) is 0. The van der Waals surface area contributed by atoms with Crippen LogP contribution in [0.2, 0.25) is 0 Å². The first kappa shape index (κ1) is 18.1. The van der Waals surface area contributed by atoms with Gasteiger partial charge in [-0.15, -0.1) is 0 Å². The van der Waals surface area contributed by atoms with Crippen LogP contribution in [0.15, 0.2) is 66.4 Å². The molecule has 1 aliphatic heterocycles. The number of hydrogen-bond donors (Lipinski definition) is 1. The summed E-state index contributed by atoms with van der Waals surface area (Å²) in [6.07, 6.45) is 4.63. The van der Waals surface area contributed by atoms with Crippen molar-refractivity contribution in [3.8, 4) is 0 Å². The molecule has 2 aromatic carbocycles. The molecule has 0 radical (unpaired) electrons. The number of fused-ring (bicyclic) bond motifs is 1. The van der Waals surface area contributed by atoms with Crippen molar-refractivity contribution >= 4 is 51.8 Å². The number of nitrogens with zero attached hydrogens (tertiary/aromatic N) is 2. The first-order chi connectivity index (χ1) is 13.6. The average molecular weight is 389 g/mol. The summed E-state index contributed by atoms with van der Waals surface area (Å²) in [6, 6.07) is 17.1. The second-order valence-corrected chi connectivity index (χ2v) is 6.98. The molecule has 1 N–H and O–H groups in total. The van der Waals surface area contributed by atoms with Crippen LogP contribution in [0.3, 0.4) is 0 Å². The molecule has 0 atom stereocenters. The van der Waals surface area contributed by atoms with Crippen molar-refractivity contribution in [2.45, 2.75) is 19.9 Å². The minimum Gasteiger partial charge on any atom is -0.347 e. The monoisotopic (exact) mass is 389 g/mol. The lowest BCUT2D eigenvalue weighted by Crippen LogP contribution is -2.54. The van der Waals surface area contributed by atoms with Gasteiger partial charge in [0, 0.05) is 29.2 Å². The largest absolute Gasteiger partial charge is 0.347 e. The number of benzene rings is 2. The van der Waals surface area contributed by atoms with E-state index in [1.54, 1.807) is 18.2 Å². The highest BCUT2D eigenvalue weighted by Crippen LogP contribution is 2.26. The molecule has 0 spiro atoms. The summed E-state index contributed by atoms with van der Waals surface area (Å²) >= 11 is 5.24. The van der Waals surface area contributed by atoms with Gasteiger partial charge in [0.1, 0.15) is 5.57 Å². The van der Waals surface area contributed by atoms with Gasteiger partial charge in [0.25, 0.3) is 11.8 Å². The molecule has 1 aromatic heterocycles. The highest BCUT2D eigenvalue weighted by atomic mass is 32.1. The summed E-state index contributed by atoms with van der Waals surface area (Å²) in [5.41, 5.74) is 2.60. The average Bonchev–Trinajstić information content (AvgIpc) is 3.04. The Morgan fingerprint density at radius 3 is 2.50 bits per heavy atom. The van der Waals surface area contributed by atoms with Gasteiger partial charge in [-0.2, -0.15) is 0 Å². The summed E-state index contributed by atoms with van der Waals surface area (Å²) in [5, 5.41) is 3.72. The normalized spacial score (nSPS) is 16.1. The molecular formula is C22H19N3O2S. The third-order valence-corrected chi connectivity index (χ3v) is 4.98. The number of nitrogens with one attached hydrogen (secondary N) is 1. The molecule has 4 rings (SSSR count). The molecule has 0 aliphatic carbocycles. The molecule has 1 aliphatic rings. The van der Waals surface area contributed by atoms with E-state index < -0.39 is 11.8 Å². The van der Waals surface area contributed by atoms with Crippen molar-refractivity contribution in [3.05, 3.63) is 71.9 Å². The fourth-order valence-electron chi connectivity index (χ4n) is 3.44. The van der Waals surface area contributed by atoms with Gasteiger partial charge < -0.3 is 4.57 Å². The van der Waals surface area contributed by atoms with Crippen molar-refractivity contribution in [2.24, 2.45) is 0 Å². The van der Waals surface area contributed by atoms with E-state index in [1.807, 2.05) is 48.7 Å². The van der Waals surface area contributed by atoms with Crippen LogP contribution in [0, 0.1) is 0 Å². The summed E-state index contributed by atoms with van der Waals surface area (Å²) < 4.78 is 2.15. The van der Waals surface area contributed by atoms with E-state index in [0.717, 1.165) is 29.4 Å². The Labute approximate surface area is 168 Å². The fourth-order valence-corrected chi connectivity index (χ4v) is 3.72. The molecule has 2 heterocycles. The van der Waals surface area contributed by atoms with Gasteiger partial charge in [0.05, 0.1) is 5.69 Å². The van der Waals surface area contributed by atoms with Gasteiger partial charge in [-0.05, 0) is 42.9 Å². The van der Waals surface area contributed by atoms with E-state index in [9.17, 15) is 9.59 Å². The molecule has 6 heteroatoms. The lowest BCUT2D eigenvalue weighted by atomic mass is 10.1. The minimum atomic E-state index is -0.477. The Morgan fingerprint density at radius 1 is 1.04 bits per heavy atom. The SMILES string of the molecule is CCCn1cc(C=C2C(=O)NC(=S)N(c3ccccc3)C2=O)c2ccccc21. The molecule has 5 nitrogen and oxygen atoms in total. The number of carbonyl (C=O) groups excluding carboxylic acids is 2. The van der Waals surface area contributed by atoms with Crippen LogP contribution in [0.25, 0.3) is 17.0 Å². The van der Waals surface area contributed by atoms with Crippen molar-refractivity contribution < 1.29 is 9.59 Å². The Bertz CT molecular complexity index is 1120. The zero-order chi connectivity index (χ0) is 19.7. The second kappa shape index (κ2) is 7.40. The molecule has 0 bridgehead atoms. The standard InChI is InChI=1S/C22H19N3O2S/c1-2-12-24-14-15(17-10-6-7-11-19(17)24)13-18-20(26)23-22(28)25(21(18)27)16-8-4-3-5-9-16/h3-11,13-14H,2,12H2,1H3,(H,23,26,28). The van der Waals surface area contributed by atoms with E-state index >= 15 is 0 Å². The van der Waals surface area contributed by atoms with Crippen LogP contribution >= 0.6 is 12.2 Å². The van der Waals surface area contributed by atoms with Crippen molar-refractivity contribution in [1.82, 2.24) is 9.88 Å². The summed E-state index contributed by atoms with van der Waals surface area (Å²) in [6.45, 7) is 2.98. The topological polar surface area (TPSA) is 54.3 Å². The van der Waals surface area contributed by atoms with Crippen molar-refractivity contribution in [1.29, 1.82) is 0 Å². The third-order valence-electron chi connectivity index (χ3n) is 4.70. The lowest BCUT2D eigenvalue weighted by Gasteiger charge is -2.28. The van der Waals surface area contributed by atoms with Gasteiger partial charge >= 0.3 is 0 Å². The van der Waals surface area contributed by atoms with Gasteiger partial charge in [-0.1, -0.05) is 43.3 Å². The zero-order valence-corrected chi connectivity index (χ0v) is 16.2. The first-order valence-corrected chi connectivity index (χ1v) is 9.55. The maximum absolute atomic E-state index is 13.1. The van der Waals surface area contributed by atoms with Crippen LogP contribution in [-0.2, 0) is 16.1 Å². The summed E-state index contributed by atoms with van der Waals surface area (Å²) in [4.78, 5) is 27.0. The molecule has 1 saturated heterocycles. The highest BCUT2D eigenvalue weighted by Gasteiger charge is 2.34. The number of carbonyl (C=O) groups is 2. The Balaban J connectivity index is 1.81. The van der Waals surface area contributed by atoms with Crippen molar-refractivity contribution in [3.63, 3.8) is 0 Å². The minimum absolute atomic E-state index is 0.0665. The Morgan fingerprint density at radius 2 is 1.75 bits per heavy atom. The van der Waals surface area contributed by atoms with Gasteiger partial charge in [0.2, 0.25) is 0 Å². The number of aromatic nitrogens is 1. The predicted octanol–water partition coefficient (Wildman–Crippen LogP) is 3.88. The molecular weight excluding hydrogens is 370 g/mol. The number of rotatable bonds is 4. The van der Waals surface area contributed by atoms with E-state index in [0.29, 0.717) is 5.69 Å². The van der Waals surface area contributed by atoms with Gasteiger partial charge in [-0.3, -0.25) is 19.8 Å². The van der Waals surface area contributed by atoms with E-state index in [4.69, 9.17) is 12.2 Å². The number of para-hydroxylation sites is 2. The lowest BCUT2D eigenvalue weighted by molar-refractivity contribution is -0.122. The second-order valence-electron chi connectivity index (χ2n) is 6.59. The predicted molar refractivity (Wildman–Crippen MR) is 115 cm³/mol. The fraction of sp³-hybridized carbons (Fsp3) is 0.136. The molecule has 3 aromatic rings. The van der Waals surface area contributed by atoms with Crippen molar-refractivity contribution in [2.75, 3.05) is 4.90 Å². The zero-order valence-electron chi connectivity index (χ0n) is 15.4. The third kappa shape index (κ3) is 3.12. The Hall–Kier alpha value is -3.25. The number of hydrogen-bond acceptors (Lipinski definition) is 3. The van der Waals surface area contributed by atoms with Crippen LogP contribution in [0.4, 0.5) is 5.69 Å². The summed E-state index contributed by atoms with van der Waals surface area (Å²) in [5.74, 6) is -0.901. The number of aryl methyl sites for hydroxylation is 1. The molecule has 0 saturated carbocycles. The van der Waals surface area contributed by atoms with Gasteiger partial charge in [0.15, 0.2) is 5.11 Å². The number of thiocarbonyl (C=S) groups is 1. The smallest absolute Gasteiger partial charge is 0.270 e. The quantitative estimate of drug-likeness (QED) is 0.419. The van der Waals surface area contributed by atoms with Crippen LogP contribution in [-0.4, -0.2) is 21.5 Å². The van der Waals surface area contributed by atoms with E-state index in [2.05, 4.69) is 16.8 Å². The first-order valence-electron chi connectivity index (χ1n) is 9.14. The Kier molecular flexibility index (Phi) is 4.79. The number of amides is 2. The molecule has 1 fully saturated rings. The van der Waals surface area contributed by atoms with E-state index in [-0.39, 0.29) is 10.7 Å². The van der Waals surface area contributed by atoms with Crippen LogP contribution in [0.5, 0.6) is 0 Å². The molecule has 140 valence electrons. The van der Waals surface area contributed by atoms with Crippen LogP contribution < -0.4 is 10.2 Å². The van der Waals surface area contributed by atoms with E-state index in [1.165, 1.54) is 4.90 Å². The number of anilines is 1. The van der Waals surface area contributed by atoms with Gasteiger partial charge in [-0.25, -0.2) is 0 Å². The highest BCUT2D eigenvalue weighted by molar-refractivity contribution is 7.80. The maximum Gasteiger partial charge on any atom is 0.270 e.